The molecule has 4 nitrogen and oxygen atoms in total. The van der Waals surface area contributed by atoms with Gasteiger partial charge in [0.15, 0.2) is 0 Å². The summed E-state index contributed by atoms with van der Waals surface area (Å²) in [6.07, 6.45) is -0.132. The number of benzene rings is 2. The molecule has 0 aliphatic heterocycles. The van der Waals surface area contributed by atoms with Crippen LogP contribution < -0.4 is 4.72 Å². The van der Waals surface area contributed by atoms with Crippen molar-refractivity contribution in [2.24, 2.45) is 0 Å². The lowest BCUT2D eigenvalue weighted by Crippen LogP contribution is -2.26. The van der Waals surface area contributed by atoms with Crippen molar-refractivity contribution >= 4 is 26.6 Å². The molecule has 156 valence electrons. The highest BCUT2D eigenvalue weighted by Gasteiger charge is 2.35. The van der Waals surface area contributed by atoms with E-state index < -0.39 is 27.2 Å². The van der Waals surface area contributed by atoms with Crippen molar-refractivity contribution in [3.8, 4) is 0 Å². The highest BCUT2D eigenvalue weighted by atomic mass is 32.2. The molecule has 0 radical (unpaired) electrons. The number of alkyl halides is 3. The summed E-state index contributed by atoms with van der Waals surface area (Å²) in [4.78, 5) is 3.15. The Morgan fingerprint density at radius 2 is 1.55 bits per heavy atom. The Morgan fingerprint density at radius 3 is 2.07 bits per heavy atom. The van der Waals surface area contributed by atoms with Gasteiger partial charge in [0.2, 0.25) is 10.0 Å². The smallest absolute Gasteiger partial charge is 0.359 e. The number of hydrogen-bond donors (Lipinski definition) is 2. The number of sulfonamides is 1. The average Bonchev–Trinajstić information content (AvgIpc) is 3.08. The van der Waals surface area contributed by atoms with E-state index in [9.17, 15) is 21.6 Å². The van der Waals surface area contributed by atoms with Crippen LogP contribution in [-0.2, 0) is 21.6 Å². The molecule has 2 N–H and O–H groups in total. The van der Waals surface area contributed by atoms with Crippen LogP contribution in [0, 0.1) is 0 Å². The van der Waals surface area contributed by atoms with Crippen molar-refractivity contribution in [1.82, 2.24) is 4.98 Å². The van der Waals surface area contributed by atoms with Crippen molar-refractivity contribution in [2.75, 3.05) is 11.0 Å². The van der Waals surface area contributed by atoms with Crippen LogP contribution in [0.5, 0.6) is 0 Å². The molecule has 0 aliphatic carbocycles. The Morgan fingerprint density at radius 1 is 0.966 bits per heavy atom. The number of halogens is 3. The SMILES string of the molecule is CCC(CC)(c1ccc(C(F)(F)F)cc1)c1c[nH]c2c(NS(C)(=O)=O)cccc12. The van der Waals surface area contributed by atoms with Crippen LogP contribution in [0.25, 0.3) is 10.9 Å². The first-order chi connectivity index (χ1) is 13.5. The Balaban J connectivity index is 2.17. The first kappa shape index (κ1) is 21.2. The monoisotopic (exact) mass is 424 g/mol. The molecule has 3 aromatic rings. The molecular formula is C21H23F3N2O2S. The highest BCUT2D eigenvalue weighted by Crippen LogP contribution is 2.44. The largest absolute Gasteiger partial charge is 0.416 e. The minimum Gasteiger partial charge on any atom is -0.359 e. The lowest BCUT2D eigenvalue weighted by Gasteiger charge is -2.33. The van der Waals surface area contributed by atoms with Crippen LogP contribution in [0.15, 0.2) is 48.7 Å². The molecule has 0 atom stereocenters. The van der Waals surface area contributed by atoms with Crippen LogP contribution in [0.3, 0.4) is 0 Å². The van der Waals surface area contributed by atoms with Gasteiger partial charge in [0.25, 0.3) is 0 Å². The average molecular weight is 424 g/mol. The second kappa shape index (κ2) is 7.40. The van der Waals surface area contributed by atoms with Gasteiger partial charge in [-0.3, -0.25) is 4.72 Å². The quantitative estimate of drug-likeness (QED) is 0.536. The molecule has 0 saturated heterocycles. The Kier molecular flexibility index (Phi) is 5.42. The molecule has 0 spiro atoms. The van der Waals surface area contributed by atoms with Gasteiger partial charge in [-0.25, -0.2) is 8.42 Å². The van der Waals surface area contributed by atoms with E-state index in [2.05, 4.69) is 9.71 Å². The van der Waals surface area contributed by atoms with E-state index in [4.69, 9.17) is 0 Å². The number of anilines is 1. The maximum Gasteiger partial charge on any atom is 0.416 e. The van der Waals surface area contributed by atoms with E-state index in [0.717, 1.165) is 34.9 Å². The van der Waals surface area contributed by atoms with Gasteiger partial charge in [-0.2, -0.15) is 13.2 Å². The zero-order valence-corrected chi connectivity index (χ0v) is 17.2. The highest BCUT2D eigenvalue weighted by molar-refractivity contribution is 7.92. The number of rotatable bonds is 6. The fourth-order valence-electron chi connectivity index (χ4n) is 4.01. The molecule has 8 heteroatoms. The maximum atomic E-state index is 13.0. The summed E-state index contributed by atoms with van der Waals surface area (Å²) in [6.45, 7) is 4.00. The number of aromatic nitrogens is 1. The van der Waals surface area contributed by atoms with Gasteiger partial charge in [0.1, 0.15) is 0 Å². The van der Waals surface area contributed by atoms with E-state index >= 15 is 0 Å². The summed E-state index contributed by atoms with van der Waals surface area (Å²) < 4.78 is 64.8. The zero-order chi connectivity index (χ0) is 21.4. The summed E-state index contributed by atoms with van der Waals surface area (Å²) in [5.74, 6) is 0. The normalized spacial score (nSPS) is 13.0. The van der Waals surface area contributed by atoms with Crippen LogP contribution >= 0.6 is 0 Å². The number of hydrogen-bond acceptors (Lipinski definition) is 2. The van der Waals surface area contributed by atoms with Gasteiger partial charge in [-0.05, 0) is 42.2 Å². The molecule has 0 aliphatic rings. The second-order valence-electron chi connectivity index (χ2n) is 7.17. The van der Waals surface area contributed by atoms with E-state index in [0.29, 0.717) is 24.0 Å². The van der Waals surface area contributed by atoms with Crippen molar-refractivity contribution in [2.45, 2.75) is 38.3 Å². The topological polar surface area (TPSA) is 62.0 Å². The molecule has 1 aromatic heterocycles. The van der Waals surface area contributed by atoms with E-state index in [-0.39, 0.29) is 0 Å². The molecule has 0 bridgehead atoms. The van der Waals surface area contributed by atoms with Crippen molar-refractivity contribution < 1.29 is 21.6 Å². The van der Waals surface area contributed by atoms with E-state index in [1.807, 2.05) is 26.1 Å². The number of fused-ring (bicyclic) bond motifs is 1. The van der Waals surface area contributed by atoms with Gasteiger partial charge < -0.3 is 4.98 Å². The lowest BCUT2D eigenvalue weighted by molar-refractivity contribution is -0.137. The molecule has 1 heterocycles. The minimum absolute atomic E-state index is 0.435. The van der Waals surface area contributed by atoms with Gasteiger partial charge in [-0.15, -0.1) is 0 Å². The molecule has 0 unspecified atom stereocenters. The van der Waals surface area contributed by atoms with Gasteiger partial charge >= 0.3 is 6.18 Å². The van der Waals surface area contributed by atoms with E-state index in [1.165, 1.54) is 12.1 Å². The predicted molar refractivity (Wildman–Crippen MR) is 110 cm³/mol. The molecule has 2 aromatic carbocycles. The van der Waals surface area contributed by atoms with Crippen LogP contribution in [0.4, 0.5) is 18.9 Å². The number of H-pyrrole nitrogens is 1. The number of para-hydroxylation sites is 1. The van der Waals surface area contributed by atoms with Crippen LogP contribution in [0.2, 0.25) is 0 Å². The summed E-state index contributed by atoms with van der Waals surface area (Å²) in [7, 11) is -3.45. The third kappa shape index (κ3) is 3.99. The van der Waals surface area contributed by atoms with Gasteiger partial charge in [0, 0.05) is 17.0 Å². The van der Waals surface area contributed by atoms with E-state index in [1.54, 1.807) is 12.1 Å². The molecule has 0 fully saturated rings. The first-order valence-corrected chi connectivity index (χ1v) is 11.2. The molecule has 29 heavy (non-hydrogen) atoms. The fraction of sp³-hybridized carbons (Fsp3) is 0.333. The maximum absolute atomic E-state index is 13.0. The Bertz CT molecular complexity index is 1110. The van der Waals surface area contributed by atoms with Crippen LogP contribution in [0.1, 0.15) is 43.4 Å². The number of nitrogens with one attached hydrogen (secondary N) is 2. The third-order valence-corrected chi connectivity index (χ3v) is 6.09. The fourth-order valence-corrected chi connectivity index (χ4v) is 4.58. The summed E-state index contributed by atoms with van der Waals surface area (Å²) in [6, 6.07) is 10.6. The predicted octanol–water partition coefficient (Wildman–Crippen LogP) is 5.66. The lowest BCUT2D eigenvalue weighted by atomic mass is 9.70. The van der Waals surface area contributed by atoms with Gasteiger partial charge in [-0.1, -0.05) is 38.1 Å². The standard InChI is InChI=1S/C21H23F3N2O2S/c1-4-20(5-2,14-9-11-15(12-10-14)21(22,23)24)17-13-25-19-16(17)7-6-8-18(19)26-29(3,27)28/h6-13,25-26H,4-5H2,1-3H3. The van der Waals surface area contributed by atoms with Crippen molar-refractivity contribution in [3.63, 3.8) is 0 Å². The Hall–Kier alpha value is -2.48. The zero-order valence-electron chi connectivity index (χ0n) is 16.4. The van der Waals surface area contributed by atoms with Crippen molar-refractivity contribution in [3.05, 3.63) is 65.4 Å². The molecular weight excluding hydrogens is 401 g/mol. The molecule has 0 saturated carbocycles. The molecule has 0 amide bonds. The second-order valence-corrected chi connectivity index (χ2v) is 8.92. The molecule has 3 rings (SSSR count). The minimum atomic E-state index is -4.38. The van der Waals surface area contributed by atoms with Crippen LogP contribution in [-0.4, -0.2) is 19.7 Å². The Labute approximate surface area is 168 Å². The van der Waals surface area contributed by atoms with Crippen molar-refractivity contribution in [1.29, 1.82) is 0 Å². The third-order valence-electron chi connectivity index (χ3n) is 5.50. The van der Waals surface area contributed by atoms with Gasteiger partial charge in [0.05, 0.1) is 23.0 Å². The summed E-state index contributed by atoms with van der Waals surface area (Å²) in [5, 5.41) is 0.835. The summed E-state index contributed by atoms with van der Waals surface area (Å²) >= 11 is 0. The first-order valence-electron chi connectivity index (χ1n) is 9.28. The summed E-state index contributed by atoms with van der Waals surface area (Å²) in [5.41, 5.74) is 1.61. The number of aromatic amines is 1.